The Morgan fingerprint density at radius 3 is 2.17 bits per heavy atom. The lowest BCUT2D eigenvalue weighted by atomic mass is 10.3. The minimum atomic E-state index is -1.36. The molecule has 1 heterocycles. The summed E-state index contributed by atoms with van der Waals surface area (Å²) in [5, 5.41) is 26.6. The number of aliphatic carboxylic acids is 2. The second-order valence-corrected chi connectivity index (χ2v) is 3.32. The summed E-state index contributed by atoms with van der Waals surface area (Å²) in [7, 11) is 0. The maximum atomic E-state index is 11.8. The number of carboxylic acid groups (broad SMARTS) is 2. The lowest BCUT2D eigenvalue weighted by Crippen LogP contribution is -2.39. The van der Waals surface area contributed by atoms with Crippen molar-refractivity contribution in [2.45, 2.75) is 0 Å². The van der Waals surface area contributed by atoms with Gasteiger partial charge in [-0.05, 0) is 12.1 Å². The van der Waals surface area contributed by atoms with E-state index in [4.69, 9.17) is 10.2 Å². The van der Waals surface area contributed by atoms with Crippen LogP contribution in [0.5, 0.6) is 5.75 Å². The van der Waals surface area contributed by atoms with Crippen LogP contribution in [0.4, 0.5) is 0 Å². The first-order valence-electron chi connectivity index (χ1n) is 4.78. The fourth-order valence-corrected chi connectivity index (χ4v) is 1.24. The van der Waals surface area contributed by atoms with E-state index >= 15 is 0 Å². The van der Waals surface area contributed by atoms with E-state index in [0.717, 1.165) is 0 Å². The molecule has 0 radical (unpaired) electrons. The van der Waals surface area contributed by atoms with Crippen LogP contribution in [0, 0.1) is 0 Å². The first-order valence-corrected chi connectivity index (χ1v) is 4.78. The van der Waals surface area contributed by atoms with Crippen molar-refractivity contribution < 1.29 is 29.7 Å². The first kappa shape index (κ1) is 13.4. The topological polar surface area (TPSA) is 128 Å². The molecule has 0 spiro atoms. The van der Waals surface area contributed by atoms with E-state index in [1.165, 1.54) is 18.3 Å². The average molecular weight is 254 g/mol. The molecular formula is C10H10N2O6. The van der Waals surface area contributed by atoms with Gasteiger partial charge in [-0.25, -0.2) is 4.98 Å². The van der Waals surface area contributed by atoms with Gasteiger partial charge in [0.1, 0.15) is 18.8 Å². The smallest absolute Gasteiger partial charge is 0.323 e. The molecule has 18 heavy (non-hydrogen) atoms. The number of amides is 1. The third-order valence-corrected chi connectivity index (χ3v) is 1.93. The van der Waals surface area contributed by atoms with Gasteiger partial charge in [0, 0.05) is 6.20 Å². The largest absolute Gasteiger partial charge is 0.505 e. The second kappa shape index (κ2) is 5.62. The van der Waals surface area contributed by atoms with Crippen molar-refractivity contribution in [2.75, 3.05) is 13.1 Å². The molecule has 0 aliphatic heterocycles. The van der Waals surface area contributed by atoms with E-state index in [1.54, 1.807) is 0 Å². The molecule has 8 heteroatoms. The van der Waals surface area contributed by atoms with Gasteiger partial charge in [-0.3, -0.25) is 14.4 Å². The van der Waals surface area contributed by atoms with Crippen molar-refractivity contribution in [1.29, 1.82) is 0 Å². The van der Waals surface area contributed by atoms with Crippen molar-refractivity contribution in [2.24, 2.45) is 0 Å². The van der Waals surface area contributed by atoms with Crippen LogP contribution in [0.2, 0.25) is 0 Å². The predicted octanol–water partition coefficient (Wildman–Crippen LogP) is -0.601. The third kappa shape index (κ3) is 3.44. The Bertz CT molecular complexity index is 471. The molecule has 1 aromatic heterocycles. The van der Waals surface area contributed by atoms with Gasteiger partial charge in [-0.15, -0.1) is 0 Å². The van der Waals surface area contributed by atoms with E-state index in [9.17, 15) is 19.5 Å². The van der Waals surface area contributed by atoms with Gasteiger partial charge in [-0.2, -0.15) is 0 Å². The Hall–Kier alpha value is -2.64. The Labute approximate surface area is 101 Å². The number of pyridine rings is 1. The summed E-state index contributed by atoms with van der Waals surface area (Å²) >= 11 is 0. The van der Waals surface area contributed by atoms with Crippen LogP contribution < -0.4 is 0 Å². The zero-order valence-electron chi connectivity index (χ0n) is 9.11. The summed E-state index contributed by atoms with van der Waals surface area (Å²) in [4.78, 5) is 37.0. The van der Waals surface area contributed by atoms with E-state index in [1.807, 2.05) is 0 Å². The van der Waals surface area contributed by atoms with Crippen LogP contribution in [-0.4, -0.2) is 56.1 Å². The van der Waals surface area contributed by atoms with Crippen molar-refractivity contribution in [3.05, 3.63) is 24.0 Å². The highest BCUT2D eigenvalue weighted by atomic mass is 16.4. The van der Waals surface area contributed by atoms with Crippen molar-refractivity contribution in [1.82, 2.24) is 9.88 Å². The lowest BCUT2D eigenvalue weighted by Gasteiger charge is -2.18. The highest BCUT2D eigenvalue weighted by Gasteiger charge is 2.24. The molecule has 0 aromatic carbocycles. The van der Waals surface area contributed by atoms with E-state index in [2.05, 4.69) is 4.98 Å². The lowest BCUT2D eigenvalue weighted by molar-refractivity contribution is -0.140. The summed E-state index contributed by atoms with van der Waals surface area (Å²) < 4.78 is 0. The highest BCUT2D eigenvalue weighted by molar-refractivity contribution is 5.97. The minimum Gasteiger partial charge on any atom is -0.505 e. The van der Waals surface area contributed by atoms with Gasteiger partial charge >= 0.3 is 11.9 Å². The molecule has 0 aliphatic carbocycles. The molecule has 0 atom stereocenters. The summed E-state index contributed by atoms with van der Waals surface area (Å²) in [6.45, 7) is -1.58. The molecule has 0 saturated carbocycles. The van der Waals surface area contributed by atoms with Gasteiger partial charge in [-0.1, -0.05) is 0 Å². The van der Waals surface area contributed by atoms with Crippen molar-refractivity contribution in [3.63, 3.8) is 0 Å². The van der Waals surface area contributed by atoms with Crippen molar-refractivity contribution >= 4 is 17.8 Å². The number of aromatic hydroxyl groups is 1. The summed E-state index contributed by atoms with van der Waals surface area (Å²) in [6.07, 6.45) is 1.23. The number of carbonyl (C=O) groups is 3. The quantitative estimate of drug-likeness (QED) is 0.639. The first-order chi connectivity index (χ1) is 8.41. The molecule has 8 nitrogen and oxygen atoms in total. The van der Waals surface area contributed by atoms with Crippen molar-refractivity contribution in [3.8, 4) is 5.75 Å². The fraction of sp³-hybridized carbons (Fsp3) is 0.200. The average Bonchev–Trinajstić information content (AvgIpc) is 2.26. The second-order valence-electron chi connectivity index (χ2n) is 3.32. The van der Waals surface area contributed by atoms with Gasteiger partial charge < -0.3 is 20.2 Å². The monoisotopic (exact) mass is 254 g/mol. The highest BCUT2D eigenvalue weighted by Crippen LogP contribution is 2.14. The van der Waals surface area contributed by atoms with Crippen LogP contribution in [0.25, 0.3) is 0 Å². The van der Waals surface area contributed by atoms with Crippen LogP contribution in [-0.2, 0) is 9.59 Å². The molecule has 0 unspecified atom stereocenters. The number of carboxylic acids is 2. The molecule has 1 aromatic rings. The minimum absolute atomic E-state index is 0.389. The van der Waals surface area contributed by atoms with Gasteiger partial charge in [0.05, 0.1) is 0 Å². The molecule has 0 saturated heterocycles. The molecule has 0 aliphatic rings. The summed E-state index contributed by atoms with van der Waals surface area (Å²) in [5.41, 5.74) is -0.389. The van der Waals surface area contributed by atoms with Gasteiger partial charge in [0.15, 0.2) is 5.69 Å². The molecule has 3 N–H and O–H groups in total. The predicted molar refractivity (Wildman–Crippen MR) is 57.1 cm³/mol. The zero-order valence-corrected chi connectivity index (χ0v) is 9.11. The maximum Gasteiger partial charge on any atom is 0.323 e. The Balaban J connectivity index is 2.98. The third-order valence-electron chi connectivity index (χ3n) is 1.93. The van der Waals surface area contributed by atoms with E-state index in [-0.39, 0.29) is 5.69 Å². The molecule has 1 rings (SSSR count). The van der Waals surface area contributed by atoms with E-state index < -0.39 is 36.7 Å². The standard InChI is InChI=1S/C10H10N2O6/c13-6-2-1-3-11-9(6)10(18)12(4-7(14)15)5-8(16)17/h1-3,13H,4-5H2,(H,14,15)(H,16,17). The number of carbonyl (C=O) groups excluding carboxylic acids is 1. The maximum absolute atomic E-state index is 11.8. The number of hydrogen-bond acceptors (Lipinski definition) is 5. The normalized spacial score (nSPS) is 9.78. The zero-order chi connectivity index (χ0) is 13.7. The van der Waals surface area contributed by atoms with Gasteiger partial charge in [0.2, 0.25) is 0 Å². The molecule has 0 bridgehead atoms. The molecular weight excluding hydrogens is 244 g/mol. The van der Waals surface area contributed by atoms with Crippen LogP contribution in [0.3, 0.4) is 0 Å². The summed E-state index contributed by atoms with van der Waals surface area (Å²) in [6, 6.07) is 2.57. The fourth-order valence-electron chi connectivity index (χ4n) is 1.24. The number of rotatable bonds is 5. The SMILES string of the molecule is O=C(O)CN(CC(=O)O)C(=O)c1ncccc1O. The van der Waals surface area contributed by atoms with Crippen LogP contribution in [0.1, 0.15) is 10.5 Å². The molecule has 96 valence electrons. The Kier molecular flexibility index (Phi) is 4.19. The Morgan fingerprint density at radius 2 is 1.72 bits per heavy atom. The van der Waals surface area contributed by atoms with Gasteiger partial charge in [0.25, 0.3) is 5.91 Å². The number of hydrogen-bond donors (Lipinski definition) is 3. The van der Waals surface area contributed by atoms with Crippen LogP contribution >= 0.6 is 0 Å². The molecule has 1 amide bonds. The number of nitrogens with zero attached hydrogens (tertiary/aromatic N) is 2. The number of aromatic nitrogens is 1. The molecule has 0 fully saturated rings. The van der Waals surface area contributed by atoms with Crippen LogP contribution in [0.15, 0.2) is 18.3 Å². The summed E-state index contributed by atoms with van der Waals surface area (Å²) in [5.74, 6) is -4.12. The Morgan fingerprint density at radius 1 is 1.17 bits per heavy atom. The van der Waals surface area contributed by atoms with E-state index in [0.29, 0.717) is 4.90 Å².